The summed E-state index contributed by atoms with van der Waals surface area (Å²) in [4.78, 5) is 12.7. The van der Waals surface area contributed by atoms with Gasteiger partial charge in [-0.2, -0.15) is 0 Å². The van der Waals surface area contributed by atoms with Gasteiger partial charge in [0.25, 0.3) is 5.91 Å². The van der Waals surface area contributed by atoms with E-state index in [2.05, 4.69) is 30.1 Å². The second-order valence-corrected chi connectivity index (χ2v) is 5.71. The van der Waals surface area contributed by atoms with Crippen molar-refractivity contribution in [2.24, 2.45) is 0 Å². The first-order valence-electron chi connectivity index (χ1n) is 8.01. The molecule has 1 aliphatic rings. The number of carbonyl (C=O) groups is 1. The quantitative estimate of drug-likeness (QED) is 0.846. The van der Waals surface area contributed by atoms with E-state index in [1.165, 1.54) is 11.1 Å². The van der Waals surface area contributed by atoms with Gasteiger partial charge in [-0.05, 0) is 42.5 Å². The molecule has 0 spiro atoms. The standard InChI is InChI=1S/C20H21NO2/c1-2-14-23-19-13-6-5-11-17(19)20(22)21-18-12-7-9-15-8-3-4-10-16(15)18/h2-6,8,10-11,13,18H,1,7,9,12,14H2,(H,21,22). The Morgan fingerprint density at radius 2 is 2.00 bits per heavy atom. The SMILES string of the molecule is C=CCOc1ccccc1C(=O)NC1CCCc2ccccc21. The Balaban J connectivity index is 1.79. The van der Waals surface area contributed by atoms with Crippen LogP contribution in [0.4, 0.5) is 0 Å². The summed E-state index contributed by atoms with van der Waals surface area (Å²) in [5.74, 6) is 0.500. The van der Waals surface area contributed by atoms with Crippen molar-refractivity contribution in [3.05, 3.63) is 77.9 Å². The molecule has 0 radical (unpaired) electrons. The fraction of sp³-hybridized carbons (Fsp3) is 0.250. The number of nitrogens with one attached hydrogen (secondary N) is 1. The summed E-state index contributed by atoms with van der Waals surface area (Å²) in [6.07, 6.45) is 4.82. The predicted octanol–water partition coefficient (Wildman–Crippen LogP) is 4.06. The van der Waals surface area contributed by atoms with E-state index in [4.69, 9.17) is 4.74 Å². The normalized spacial score (nSPS) is 16.3. The maximum Gasteiger partial charge on any atom is 0.255 e. The Kier molecular flexibility index (Phi) is 4.77. The van der Waals surface area contributed by atoms with Crippen LogP contribution in [0.1, 0.15) is 40.4 Å². The molecular weight excluding hydrogens is 286 g/mol. The molecule has 118 valence electrons. The molecule has 0 bridgehead atoms. The van der Waals surface area contributed by atoms with Gasteiger partial charge in [-0.15, -0.1) is 0 Å². The molecule has 1 N–H and O–H groups in total. The minimum atomic E-state index is -0.0913. The number of ether oxygens (including phenoxy) is 1. The summed E-state index contributed by atoms with van der Waals surface area (Å²) in [6, 6.07) is 15.7. The van der Waals surface area contributed by atoms with Crippen molar-refractivity contribution in [3.8, 4) is 5.75 Å². The molecule has 1 aliphatic carbocycles. The number of hydrogen-bond acceptors (Lipinski definition) is 2. The molecule has 0 aromatic heterocycles. The maximum absolute atomic E-state index is 12.7. The van der Waals surface area contributed by atoms with Crippen molar-refractivity contribution in [2.75, 3.05) is 6.61 Å². The van der Waals surface area contributed by atoms with Crippen LogP contribution in [0.3, 0.4) is 0 Å². The Morgan fingerprint density at radius 1 is 1.22 bits per heavy atom. The van der Waals surface area contributed by atoms with E-state index in [9.17, 15) is 4.79 Å². The number of amides is 1. The molecule has 0 fully saturated rings. The molecule has 0 saturated carbocycles. The number of carbonyl (C=O) groups excluding carboxylic acids is 1. The lowest BCUT2D eigenvalue weighted by Crippen LogP contribution is -2.31. The first-order valence-corrected chi connectivity index (χ1v) is 8.01. The topological polar surface area (TPSA) is 38.3 Å². The van der Waals surface area contributed by atoms with Crippen LogP contribution in [0.2, 0.25) is 0 Å². The molecule has 23 heavy (non-hydrogen) atoms. The third kappa shape index (κ3) is 3.45. The van der Waals surface area contributed by atoms with Crippen LogP contribution < -0.4 is 10.1 Å². The van der Waals surface area contributed by atoms with Crippen LogP contribution in [-0.4, -0.2) is 12.5 Å². The fourth-order valence-electron chi connectivity index (χ4n) is 3.07. The van der Waals surface area contributed by atoms with Gasteiger partial charge in [0.1, 0.15) is 12.4 Å². The van der Waals surface area contributed by atoms with Crippen LogP contribution in [-0.2, 0) is 6.42 Å². The highest BCUT2D eigenvalue weighted by Gasteiger charge is 2.23. The Bertz CT molecular complexity index is 708. The van der Waals surface area contributed by atoms with Crippen LogP contribution in [0, 0.1) is 0 Å². The van der Waals surface area contributed by atoms with Gasteiger partial charge in [0.15, 0.2) is 0 Å². The van der Waals surface area contributed by atoms with Gasteiger partial charge in [0.05, 0.1) is 11.6 Å². The molecule has 0 aliphatic heterocycles. The Morgan fingerprint density at radius 3 is 2.87 bits per heavy atom. The van der Waals surface area contributed by atoms with Gasteiger partial charge < -0.3 is 10.1 Å². The van der Waals surface area contributed by atoms with E-state index < -0.39 is 0 Å². The van der Waals surface area contributed by atoms with E-state index in [1.54, 1.807) is 12.1 Å². The largest absolute Gasteiger partial charge is 0.489 e. The number of benzene rings is 2. The van der Waals surface area contributed by atoms with Gasteiger partial charge in [0.2, 0.25) is 0 Å². The molecule has 1 unspecified atom stereocenters. The number of rotatable bonds is 5. The van der Waals surface area contributed by atoms with Crippen LogP contribution in [0.25, 0.3) is 0 Å². The summed E-state index contributed by atoms with van der Waals surface area (Å²) < 4.78 is 5.59. The van der Waals surface area contributed by atoms with Crippen molar-refractivity contribution in [1.82, 2.24) is 5.32 Å². The molecule has 2 aromatic carbocycles. The van der Waals surface area contributed by atoms with Crippen LogP contribution in [0.15, 0.2) is 61.2 Å². The minimum absolute atomic E-state index is 0.0694. The smallest absolute Gasteiger partial charge is 0.255 e. The molecule has 2 aromatic rings. The second kappa shape index (κ2) is 7.14. The molecule has 1 amide bonds. The highest BCUT2D eigenvalue weighted by molar-refractivity contribution is 5.97. The first-order chi connectivity index (χ1) is 11.3. The minimum Gasteiger partial charge on any atom is -0.489 e. The third-order valence-corrected chi connectivity index (χ3v) is 4.16. The van der Waals surface area contributed by atoms with Crippen LogP contribution in [0.5, 0.6) is 5.75 Å². The zero-order valence-electron chi connectivity index (χ0n) is 13.1. The van der Waals surface area contributed by atoms with E-state index in [1.807, 2.05) is 24.3 Å². The summed E-state index contributed by atoms with van der Waals surface area (Å²) in [6.45, 7) is 4.03. The molecule has 3 heteroatoms. The molecular formula is C20H21NO2. The van der Waals surface area contributed by atoms with E-state index >= 15 is 0 Å². The first kappa shape index (κ1) is 15.3. The Hall–Kier alpha value is -2.55. The van der Waals surface area contributed by atoms with Crippen molar-refractivity contribution >= 4 is 5.91 Å². The number of aryl methyl sites for hydroxylation is 1. The number of para-hydroxylation sites is 1. The Labute approximate surface area is 137 Å². The lowest BCUT2D eigenvalue weighted by molar-refractivity contribution is 0.0929. The van der Waals surface area contributed by atoms with Gasteiger partial charge in [-0.25, -0.2) is 0 Å². The summed E-state index contributed by atoms with van der Waals surface area (Å²) in [7, 11) is 0. The highest BCUT2D eigenvalue weighted by atomic mass is 16.5. The lowest BCUT2D eigenvalue weighted by Gasteiger charge is -2.26. The molecule has 3 rings (SSSR count). The molecule has 0 heterocycles. The summed E-state index contributed by atoms with van der Waals surface area (Å²) in [5, 5.41) is 3.16. The van der Waals surface area contributed by atoms with Gasteiger partial charge in [-0.3, -0.25) is 4.79 Å². The maximum atomic E-state index is 12.7. The van der Waals surface area contributed by atoms with Crippen LogP contribution >= 0.6 is 0 Å². The second-order valence-electron chi connectivity index (χ2n) is 5.71. The predicted molar refractivity (Wildman–Crippen MR) is 91.7 cm³/mol. The molecule has 1 atom stereocenters. The fourth-order valence-corrected chi connectivity index (χ4v) is 3.07. The van der Waals surface area contributed by atoms with E-state index in [0.717, 1.165) is 19.3 Å². The summed E-state index contributed by atoms with van der Waals surface area (Å²) in [5.41, 5.74) is 3.13. The summed E-state index contributed by atoms with van der Waals surface area (Å²) >= 11 is 0. The monoisotopic (exact) mass is 307 g/mol. The highest BCUT2D eigenvalue weighted by Crippen LogP contribution is 2.30. The van der Waals surface area contributed by atoms with E-state index in [0.29, 0.717) is 17.9 Å². The molecule has 0 saturated heterocycles. The lowest BCUT2D eigenvalue weighted by atomic mass is 9.87. The van der Waals surface area contributed by atoms with Gasteiger partial charge >= 0.3 is 0 Å². The van der Waals surface area contributed by atoms with Gasteiger partial charge in [0, 0.05) is 0 Å². The molecule has 3 nitrogen and oxygen atoms in total. The van der Waals surface area contributed by atoms with Crippen molar-refractivity contribution < 1.29 is 9.53 Å². The van der Waals surface area contributed by atoms with Crippen molar-refractivity contribution in [1.29, 1.82) is 0 Å². The van der Waals surface area contributed by atoms with Gasteiger partial charge in [-0.1, -0.05) is 49.1 Å². The average Bonchev–Trinajstić information content (AvgIpc) is 2.60. The van der Waals surface area contributed by atoms with E-state index in [-0.39, 0.29) is 11.9 Å². The van der Waals surface area contributed by atoms with Crippen molar-refractivity contribution in [2.45, 2.75) is 25.3 Å². The third-order valence-electron chi connectivity index (χ3n) is 4.16. The number of fused-ring (bicyclic) bond motifs is 1. The number of hydrogen-bond donors (Lipinski definition) is 1. The zero-order valence-corrected chi connectivity index (χ0v) is 13.1. The average molecular weight is 307 g/mol. The van der Waals surface area contributed by atoms with Crippen molar-refractivity contribution in [3.63, 3.8) is 0 Å². The zero-order chi connectivity index (χ0) is 16.1.